The van der Waals surface area contributed by atoms with Gasteiger partial charge in [-0.2, -0.15) is 4.98 Å². The maximum atomic E-state index is 12.9. The van der Waals surface area contributed by atoms with Crippen LogP contribution in [0.25, 0.3) is 0 Å². The number of hydrogen-bond acceptors (Lipinski definition) is 6. The summed E-state index contributed by atoms with van der Waals surface area (Å²) in [7, 11) is 0. The van der Waals surface area contributed by atoms with Crippen LogP contribution in [0.4, 0.5) is 5.69 Å². The SMILES string of the molecule is Cc1nc([C@@H]2CCCN(C(=O)c3ccc4c(c3)NC(=O)CO4)C2)no1. The third-order valence-corrected chi connectivity index (χ3v) is 4.48. The summed E-state index contributed by atoms with van der Waals surface area (Å²) in [4.78, 5) is 30.4. The number of aryl methyl sites for hydroxylation is 1. The number of amides is 2. The van der Waals surface area contributed by atoms with E-state index in [1.807, 2.05) is 0 Å². The van der Waals surface area contributed by atoms with Crippen molar-refractivity contribution < 1.29 is 18.8 Å². The number of fused-ring (bicyclic) bond motifs is 1. The van der Waals surface area contributed by atoms with Gasteiger partial charge in [0.25, 0.3) is 11.8 Å². The lowest BCUT2D eigenvalue weighted by atomic mass is 9.96. The van der Waals surface area contributed by atoms with Crippen LogP contribution in [0.3, 0.4) is 0 Å². The van der Waals surface area contributed by atoms with Crippen LogP contribution in [0.2, 0.25) is 0 Å². The number of carbonyl (C=O) groups is 2. The monoisotopic (exact) mass is 342 g/mol. The van der Waals surface area contributed by atoms with E-state index in [0.717, 1.165) is 12.8 Å². The highest BCUT2D eigenvalue weighted by Crippen LogP contribution is 2.30. The Morgan fingerprint density at radius 2 is 2.28 bits per heavy atom. The van der Waals surface area contributed by atoms with Gasteiger partial charge in [0.15, 0.2) is 12.4 Å². The first-order valence-corrected chi connectivity index (χ1v) is 8.26. The number of ether oxygens (including phenoxy) is 1. The maximum absolute atomic E-state index is 12.9. The fourth-order valence-corrected chi connectivity index (χ4v) is 3.25. The molecule has 0 spiro atoms. The molecule has 0 radical (unpaired) electrons. The van der Waals surface area contributed by atoms with Gasteiger partial charge in [0.1, 0.15) is 5.75 Å². The van der Waals surface area contributed by atoms with Crippen molar-refractivity contribution in [2.75, 3.05) is 25.0 Å². The fraction of sp³-hybridized carbons (Fsp3) is 0.412. The van der Waals surface area contributed by atoms with Crippen molar-refractivity contribution >= 4 is 17.5 Å². The topological polar surface area (TPSA) is 97.6 Å². The van der Waals surface area contributed by atoms with E-state index in [1.54, 1.807) is 30.0 Å². The van der Waals surface area contributed by atoms with Gasteiger partial charge in [0.05, 0.1) is 5.69 Å². The molecule has 0 bridgehead atoms. The van der Waals surface area contributed by atoms with Crippen molar-refractivity contribution in [3.63, 3.8) is 0 Å². The van der Waals surface area contributed by atoms with Crippen LogP contribution in [-0.2, 0) is 4.79 Å². The molecule has 2 amide bonds. The highest BCUT2D eigenvalue weighted by molar-refractivity contribution is 5.99. The second kappa shape index (κ2) is 6.19. The summed E-state index contributed by atoms with van der Waals surface area (Å²) in [6.45, 7) is 2.99. The van der Waals surface area contributed by atoms with Gasteiger partial charge >= 0.3 is 0 Å². The summed E-state index contributed by atoms with van der Waals surface area (Å²) in [6.07, 6.45) is 1.81. The zero-order valence-corrected chi connectivity index (χ0v) is 13.8. The fourth-order valence-electron chi connectivity index (χ4n) is 3.25. The molecule has 1 aromatic carbocycles. The number of piperidine rings is 1. The number of nitrogens with one attached hydrogen (secondary N) is 1. The van der Waals surface area contributed by atoms with Gasteiger partial charge in [-0.05, 0) is 31.0 Å². The summed E-state index contributed by atoms with van der Waals surface area (Å²) >= 11 is 0. The molecule has 2 aromatic rings. The molecule has 1 saturated heterocycles. The van der Waals surface area contributed by atoms with Gasteiger partial charge in [-0.25, -0.2) is 0 Å². The molecular formula is C17H18N4O4. The lowest BCUT2D eigenvalue weighted by molar-refractivity contribution is -0.118. The Labute approximate surface area is 144 Å². The third-order valence-electron chi connectivity index (χ3n) is 4.48. The molecule has 0 saturated carbocycles. The standard InChI is InChI=1S/C17H18N4O4/c1-10-18-16(20-25-10)12-3-2-6-21(8-12)17(23)11-4-5-14-13(7-11)19-15(22)9-24-14/h4-5,7,12H,2-3,6,8-9H2,1H3,(H,19,22)/t12-/m1/s1. The molecule has 8 nitrogen and oxygen atoms in total. The Morgan fingerprint density at radius 1 is 1.40 bits per heavy atom. The molecule has 0 unspecified atom stereocenters. The highest BCUT2D eigenvalue weighted by Gasteiger charge is 2.29. The maximum Gasteiger partial charge on any atom is 0.262 e. The largest absolute Gasteiger partial charge is 0.482 e. The number of benzene rings is 1. The lowest BCUT2D eigenvalue weighted by Gasteiger charge is -2.31. The van der Waals surface area contributed by atoms with Gasteiger partial charge in [-0.15, -0.1) is 0 Å². The zero-order valence-electron chi connectivity index (χ0n) is 13.8. The van der Waals surface area contributed by atoms with Crippen LogP contribution in [0.5, 0.6) is 5.75 Å². The molecule has 2 aliphatic rings. The van der Waals surface area contributed by atoms with E-state index in [2.05, 4.69) is 15.5 Å². The predicted molar refractivity (Wildman–Crippen MR) is 87.5 cm³/mol. The van der Waals surface area contributed by atoms with Gasteiger partial charge in [-0.1, -0.05) is 5.16 Å². The molecule has 1 aromatic heterocycles. The second-order valence-corrected chi connectivity index (χ2v) is 6.31. The number of anilines is 1. The van der Waals surface area contributed by atoms with Gasteiger partial charge in [-0.3, -0.25) is 9.59 Å². The van der Waals surface area contributed by atoms with Crippen LogP contribution in [0, 0.1) is 6.92 Å². The van der Waals surface area contributed by atoms with E-state index >= 15 is 0 Å². The van der Waals surface area contributed by atoms with E-state index in [-0.39, 0.29) is 24.3 Å². The summed E-state index contributed by atoms with van der Waals surface area (Å²) in [5, 5.41) is 6.71. The number of carbonyl (C=O) groups excluding carboxylic acids is 2. The average Bonchev–Trinajstić information content (AvgIpc) is 3.07. The molecule has 4 rings (SSSR count). The minimum absolute atomic E-state index is 0.00177. The van der Waals surface area contributed by atoms with Crippen LogP contribution in [-0.4, -0.2) is 46.6 Å². The van der Waals surface area contributed by atoms with Crippen LogP contribution in [0.15, 0.2) is 22.7 Å². The molecule has 1 N–H and O–H groups in total. The minimum Gasteiger partial charge on any atom is -0.482 e. The number of likely N-dealkylation sites (tertiary alicyclic amines) is 1. The molecule has 0 aliphatic carbocycles. The molecule has 3 heterocycles. The molecular weight excluding hydrogens is 324 g/mol. The summed E-state index contributed by atoms with van der Waals surface area (Å²) in [6, 6.07) is 5.10. The van der Waals surface area contributed by atoms with Gasteiger partial charge in [0, 0.05) is 31.5 Å². The summed E-state index contributed by atoms with van der Waals surface area (Å²) in [5.74, 6) is 1.55. The normalized spacial score (nSPS) is 19.8. The van der Waals surface area contributed by atoms with Crippen LogP contribution < -0.4 is 10.1 Å². The Morgan fingerprint density at radius 3 is 3.08 bits per heavy atom. The molecule has 2 aliphatic heterocycles. The Balaban J connectivity index is 1.52. The molecule has 25 heavy (non-hydrogen) atoms. The van der Waals surface area contributed by atoms with E-state index < -0.39 is 0 Å². The predicted octanol–water partition coefficient (Wildman–Crippen LogP) is 1.73. The number of rotatable bonds is 2. The quantitative estimate of drug-likeness (QED) is 0.892. The van der Waals surface area contributed by atoms with Gasteiger partial charge < -0.3 is 19.5 Å². The van der Waals surface area contributed by atoms with Crippen molar-refractivity contribution in [2.45, 2.75) is 25.7 Å². The van der Waals surface area contributed by atoms with Crippen molar-refractivity contribution in [3.8, 4) is 5.75 Å². The molecule has 1 fully saturated rings. The number of nitrogens with zero attached hydrogens (tertiary/aromatic N) is 3. The Kier molecular flexibility index (Phi) is 3.87. The summed E-state index contributed by atoms with van der Waals surface area (Å²) in [5.41, 5.74) is 1.05. The number of aromatic nitrogens is 2. The van der Waals surface area contributed by atoms with Crippen LogP contribution in [0.1, 0.15) is 40.8 Å². The van der Waals surface area contributed by atoms with Crippen molar-refractivity contribution in [2.24, 2.45) is 0 Å². The van der Waals surface area contributed by atoms with Gasteiger partial charge in [0.2, 0.25) is 5.89 Å². The smallest absolute Gasteiger partial charge is 0.262 e. The second-order valence-electron chi connectivity index (χ2n) is 6.31. The van der Waals surface area contributed by atoms with Crippen molar-refractivity contribution in [1.29, 1.82) is 0 Å². The van der Waals surface area contributed by atoms with Crippen LogP contribution >= 0.6 is 0 Å². The first-order valence-electron chi connectivity index (χ1n) is 8.26. The Hall–Kier alpha value is -2.90. The minimum atomic E-state index is -0.220. The molecule has 1 atom stereocenters. The summed E-state index contributed by atoms with van der Waals surface area (Å²) < 4.78 is 10.4. The Bertz CT molecular complexity index is 832. The van der Waals surface area contributed by atoms with Crippen molar-refractivity contribution in [1.82, 2.24) is 15.0 Å². The van der Waals surface area contributed by atoms with E-state index in [9.17, 15) is 9.59 Å². The first-order chi connectivity index (χ1) is 12.1. The van der Waals surface area contributed by atoms with E-state index in [0.29, 0.717) is 41.8 Å². The van der Waals surface area contributed by atoms with E-state index in [4.69, 9.17) is 9.26 Å². The average molecular weight is 342 g/mol. The lowest BCUT2D eigenvalue weighted by Crippen LogP contribution is -2.39. The zero-order chi connectivity index (χ0) is 17.4. The highest BCUT2D eigenvalue weighted by atomic mass is 16.5. The molecule has 130 valence electrons. The third kappa shape index (κ3) is 3.07. The molecule has 8 heteroatoms. The number of hydrogen-bond donors (Lipinski definition) is 1. The van der Waals surface area contributed by atoms with Crippen molar-refractivity contribution in [3.05, 3.63) is 35.5 Å². The first kappa shape index (κ1) is 15.6. The van der Waals surface area contributed by atoms with E-state index in [1.165, 1.54) is 0 Å².